The molecule has 158 valence electrons. The summed E-state index contributed by atoms with van der Waals surface area (Å²) in [5, 5.41) is 18.4. The topological polar surface area (TPSA) is 94.0 Å². The van der Waals surface area contributed by atoms with Crippen LogP contribution in [-0.2, 0) is 22.4 Å². The van der Waals surface area contributed by atoms with Crippen molar-refractivity contribution in [3.63, 3.8) is 0 Å². The maximum Gasteiger partial charge on any atom is 0.238 e. The molecule has 3 N–H and O–H groups in total. The Morgan fingerprint density at radius 1 is 1.23 bits per heavy atom. The molecule has 1 saturated carbocycles. The molecule has 3 aliphatic rings. The van der Waals surface area contributed by atoms with Crippen molar-refractivity contribution in [2.45, 2.75) is 50.2 Å². The van der Waals surface area contributed by atoms with Gasteiger partial charge in [-0.2, -0.15) is 5.26 Å². The maximum atomic E-state index is 14.8. The lowest BCUT2D eigenvalue weighted by atomic mass is 9.97. The van der Waals surface area contributed by atoms with E-state index in [2.05, 4.69) is 22.0 Å². The van der Waals surface area contributed by atoms with Crippen LogP contribution in [0, 0.1) is 23.1 Å². The molecule has 2 bridgehead atoms. The highest BCUT2D eigenvalue weighted by molar-refractivity contribution is 6.00. The monoisotopic (exact) mass is 418 g/mol. The molecule has 2 aliphatic heterocycles. The van der Waals surface area contributed by atoms with Gasteiger partial charge < -0.3 is 16.0 Å². The molecule has 6 nitrogen and oxygen atoms in total. The van der Waals surface area contributed by atoms with Crippen molar-refractivity contribution < 1.29 is 14.0 Å². The summed E-state index contributed by atoms with van der Waals surface area (Å²) >= 11 is 0. The van der Waals surface area contributed by atoms with Crippen LogP contribution in [0.4, 0.5) is 10.1 Å². The smallest absolute Gasteiger partial charge is 0.238 e. The molecule has 2 fully saturated rings. The molecule has 7 heteroatoms. The maximum absolute atomic E-state index is 14.8. The zero-order valence-electron chi connectivity index (χ0n) is 17.0. The third-order valence-electron chi connectivity index (χ3n) is 6.66. The Hall–Kier alpha value is -3.24. The first-order valence-electron chi connectivity index (χ1n) is 10.7. The van der Waals surface area contributed by atoms with E-state index in [9.17, 15) is 19.2 Å². The molecule has 5 rings (SSSR count). The number of nitrogens with zero attached hydrogens (tertiary/aromatic N) is 1. The number of carbonyl (C=O) groups is 2. The second kappa shape index (κ2) is 7.78. The van der Waals surface area contributed by atoms with Crippen LogP contribution in [0.5, 0.6) is 0 Å². The van der Waals surface area contributed by atoms with Crippen molar-refractivity contribution in [1.29, 1.82) is 5.26 Å². The van der Waals surface area contributed by atoms with E-state index in [0.717, 1.165) is 36.1 Å². The highest BCUT2D eigenvalue weighted by Crippen LogP contribution is 2.35. The largest absolute Gasteiger partial charge is 0.339 e. The van der Waals surface area contributed by atoms with Gasteiger partial charge in [0.2, 0.25) is 11.8 Å². The third-order valence-corrected chi connectivity index (χ3v) is 6.66. The molecule has 0 aromatic heterocycles. The SMILES string of the molecule is N#CC(Cc1ccc(-c2ccc3c(c2)NC(=O)C3)cc1F)NC(=O)[C@H]1N[C@@H]2CC[C@H]1C2. The van der Waals surface area contributed by atoms with Gasteiger partial charge >= 0.3 is 0 Å². The fraction of sp³-hybridized carbons (Fsp3) is 0.375. The van der Waals surface area contributed by atoms with E-state index in [1.807, 2.05) is 18.2 Å². The van der Waals surface area contributed by atoms with Crippen LogP contribution < -0.4 is 16.0 Å². The predicted octanol–water partition coefficient (Wildman–Crippen LogP) is 2.68. The average Bonchev–Trinajstić information content (AvgIpc) is 3.48. The number of nitrogens with one attached hydrogen (secondary N) is 3. The summed E-state index contributed by atoms with van der Waals surface area (Å²) < 4.78 is 14.8. The highest BCUT2D eigenvalue weighted by Gasteiger charge is 2.43. The lowest BCUT2D eigenvalue weighted by molar-refractivity contribution is -0.124. The van der Waals surface area contributed by atoms with E-state index in [-0.39, 0.29) is 24.3 Å². The Kier molecular flexibility index (Phi) is 4.95. The second-order valence-corrected chi connectivity index (χ2v) is 8.71. The quantitative estimate of drug-likeness (QED) is 0.696. The molecule has 1 unspecified atom stereocenters. The van der Waals surface area contributed by atoms with Crippen molar-refractivity contribution in [3.8, 4) is 17.2 Å². The first-order valence-corrected chi connectivity index (χ1v) is 10.7. The van der Waals surface area contributed by atoms with Crippen LogP contribution in [0.25, 0.3) is 11.1 Å². The fourth-order valence-corrected chi connectivity index (χ4v) is 5.05. The van der Waals surface area contributed by atoms with Gasteiger partial charge in [0.25, 0.3) is 0 Å². The Labute approximate surface area is 179 Å². The van der Waals surface area contributed by atoms with E-state index >= 15 is 0 Å². The summed E-state index contributed by atoms with van der Waals surface area (Å²) in [5.41, 5.74) is 3.57. The lowest BCUT2D eigenvalue weighted by Crippen LogP contribution is -2.50. The van der Waals surface area contributed by atoms with Gasteiger partial charge in [-0.1, -0.05) is 24.3 Å². The number of nitriles is 1. The predicted molar refractivity (Wildman–Crippen MR) is 113 cm³/mol. The highest BCUT2D eigenvalue weighted by atomic mass is 19.1. The number of carbonyl (C=O) groups excluding carboxylic acids is 2. The molecule has 31 heavy (non-hydrogen) atoms. The van der Waals surface area contributed by atoms with Crippen LogP contribution in [0.1, 0.15) is 30.4 Å². The van der Waals surface area contributed by atoms with Crippen LogP contribution >= 0.6 is 0 Å². The number of anilines is 1. The average molecular weight is 418 g/mol. The molecule has 1 saturated heterocycles. The number of piperidine rings is 1. The molecule has 2 aromatic carbocycles. The summed E-state index contributed by atoms with van der Waals surface area (Å²) in [4.78, 5) is 24.1. The van der Waals surface area contributed by atoms with Crippen LogP contribution in [0.2, 0.25) is 0 Å². The number of hydrogen-bond acceptors (Lipinski definition) is 4. The van der Waals surface area contributed by atoms with Crippen LogP contribution in [-0.4, -0.2) is 29.9 Å². The van der Waals surface area contributed by atoms with Gasteiger partial charge in [-0.05, 0) is 59.6 Å². The van der Waals surface area contributed by atoms with Gasteiger partial charge in [-0.25, -0.2) is 4.39 Å². The Balaban J connectivity index is 1.27. The molecule has 1 aliphatic carbocycles. The van der Waals surface area contributed by atoms with Gasteiger partial charge in [0.05, 0.1) is 18.5 Å². The molecular weight excluding hydrogens is 395 g/mol. The third kappa shape index (κ3) is 3.79. The zero-order chi connectivity index (χ0) is 21.5. The standard InChI is InChI=1S/C24H23FN4O2/c25-20-9-13(14-2-4-16-11-22(30)29-21(16)10-14)1-3-15(20)7-19(12-26)28-24(31)23-17-5-6-18(8-17)27-23/h1-4,9-10,17-19,23,27H,5-8,11H2,(H,28,31)(H,29,30)/t17-,18+,19?,23-/m0/s1. The number of hydrogen-bond donors (Lipinski definition) is 3. The van der Waals surface area contributed by atoms with E-state index in [1.165, 1.54) is 6.07 Å². The Morgan fingerprint density at radius 3 is 2.74 bits per heavy atom. The van der Waals surface area contributed by atoms with E-state index in [1.54, 1.807) is 12.1 Å². The van der Waals surface area contributed by atoms with E-state index in [4.69, 9.17) is 0 Å². The summed E-state index contributed by atoms with van der Waals surface area (Å²) in [6.45, 7) is 0. The minimum Gasteiger partial charge on any atom is -0.339 e. The number of rotatable bonds is 5. The van der Waals surface area contributed by atoms with Gasteiger partial charge in [-0.3, -0.25) is 9.59 Å². The second-order valence-electron chi connectivity index (χ2n) is 8.71. The first-order chi connectivity index (χ1) is 15.0. The number of amides is 2. The fourth-order valence-electron chi connectivity index (χ4n) is 5.05. The first kappa shape index (κ1) is 19.7. The van der Waals surface area contributed by atoms with Crippen molar-refractivity contribution in [3.05, 3.63) is 53.3 Å². The van der Waals surface area contributed by atoms with Gasteiger partial charge in [0.15, 0.2) is 0 Å². The minimum absolute atomic E-state index is 0.0427. The number of halogens is 1. The van der Waals surface area contributed by atoms with Crippen molar-refractivity contribution in [2.24, 2.45) is 5.92 Å². The molecule has 2 heterocycles. The molecule has 0 spiro atoms. The molecular formula is C24H23FN4O2. The number of fused-ring (bicyclic) bond motifs is 3. The molecule has 0 radical (unpaired) electrons. The Bertz CT molecular complexity index is 1110. The normalized spacial score (nSPS) is 24.4. The molecule has 2 aromatic rings. The number of benzene rings is 2. The molecule has 4 atom stereocenters. The van der Waals surface area contributed by atoms with E-state index in [0.29, 0.717) is 29.5 Å². The van der Waals surface area contributed by atoms with Crippen LogP contribution in [0.3, 0.4) is 0 Å². The van der Waals surface area contributed by atoms with Crippen LogP contribution in [0.15, 0.2) is 36.4 Å². The van der Waals surface area contributed by atoms with Gasteiger partial charge in [0, 0.05) is 18.2 Å². The summed E-state index contributed by atoms with van der Waals surface area (Å²) in [6, 6.07) is 11.9. The van der Waals surface area contributed by atoms with Crippen molar-refractivity contribution in [2.75, 3.05) is 5.32 Å². The van der Waals surface area contributed by atoms with Gasteiger partial charge in [-0.15, -0.1) is 0 Å². The molecule has 2 amide bonds. The Morgan fingerprint density at radius 2 is 2.03 bits per heavy atom. The summed E-state index contributed by atoms with van der Waals surface area (Å²) in [7, 11) is 0. The zero-order valence-corrected chi connectivity index (χ0v) is 17.0. The van der Waals surface area contributed by atoms with Gasteiger partial charge in [0.1, 0.15) is 11.9 Å². The lowest BCUT2D eigenvalue weighted by Gasteiger charge is -2.23. The van der Waals surface area contributed by atoms with Crippen molar-refractivity contribution in [1.82, 2.24) is 10.6 Å². The van der Waals surface area contributed by atoms with Crippen molar-refractivity contribution >= 4 is 17.5 Å². The minimum atomic E-state index is -0.788. The van der Waals surface area contributed by atoms with E-state index < -0.39 is 11.9 Å². The summed E-state index contributed by atoms with van der Waals surface area (Å²) in [5.74, 6) is -0.304. The summed E-state index contributed by atoms with van der Waals surface area (Å²) in [6.07, 6.45) is 3.62.